The van der Waals surface area contributed by atoms with Crippen LogP contribution in [-0.2, 0) is 9.53 Å². The average molecular weight is 363 g/mol. The van der Waals surface area contributed by atoms with Crippen LogP contribution in [0.4, 0.5) is 0 Å². The van der Waals surface area contributed by atoms with Gasteiger partial charge in [0.25, 0.3) is 0 Å². The number of carbonyl (C=O) groups excluding carboxylic acids is 1. The van der Waals surface area contributed by atoms with Gasteiger partial charge in [-0.15, -0.1) is 0 Å². The van der Waals surface area contributed by atoms with E-state index in [9.17, 15) is 9.90 Å². The Morgan fingerprint density at radius 1 is 1.00 bits per heavy atom. The lowest BCUT2D eigenvalue weighted by Crippen LogP contribution is -2.54. The third kappa shape index (κ3) is 2.75. The number of hydrogen-bond acceptors (Lipinski definition) is 3. The van der Waals surface area contributed by atoms with Gasteiger partial charge in [0.05, 0.1) is 6.10 Å². The Labute approximate surface area is 159 Å². The van der Waals surface area contributed by atoms with Crippen molar-refractivity contribution in [3.8, 4) is 0 Å². The Hall–Kier alpha value is -0.570. The van der Waals surface area contributed by atoms with Crippen LogP contribution < -0.4 is 0 Å². The fourth-order valence-electron chi connectivity index (χ4n) is 8.39. The van der Waals surface area contributed by atoms with Crippen LogP contribution in [0, 0.1) is 40.4 Å². The monoisotopic (exact) mass is 362 g/mol. The van der Waals surface area contributed by atoms with E-state index in [1.165, 1.54) is 44.9 Å². The van der Waals surface area contributed by atoms with E-state index in [0.29, 0.717) is 16.7 Å². The van der Waals surface area contributed by atoms with E-state index in [4.69, 9.17) is 4.74 Å². The Morgan fingerprint density at radius 2 is 1.69 bits per heavy atom. The fraction of sp³-hybridized carbons (Fsp3) is 0.957. The minimum Gasteiger partial charge on any atom is -0.463 e. The van der Waals surface area contributed by atoms with Crippen LogP contribution in [0.25, 0.3) is 0 Å². The van der Waals surface area contributed by atoms with Gasteiger partial charge in [-0.1, -0.05) is 13.8 Å². The van der Waals surface area contributed by atoms with Crippen molar-refractivity contribution < 1.29 is 14.6 Å². The Balaban J connectivity index is 1.53. The molecule has 2 unspecified atom stereocenters. The van der Waals surface area contributed by atoms with Crippen molar-refractivity contribution in [2.45, 2.75) is 97.7 Å². The van der Waals surface area contributed by atoms with E-state index in [0.717, 1.165) is 36.5 Å². The highest BCUT2D eigenvalue weighted by Gasteiger charge is 2.60. The zero-order valence-corrected chi connectivity index (χ0v) is 17.2. The van der Waals surface area contributed by atoms with E-state index >= 15 is 0 Å². The molecule has 9 atom stereocenters. The zero-order valence-electron chi connectivity index (χ0n) is 17.2. The summed E-state index contributed by atoms with van der Waals surface area (Å²) in [7, 11) is 0. The Morgan fingerprint density at radius 3 is 2.38 bits per heavy atom. The SMILES string of the molecule is CC(=O)O[C@@H]1CC[C@@]2(C)C(CC[C@H]3[C@@H]4CC[C@H](C(C)O)[C@@]4(C)CC[C@@H]32)C1. The molecule has 0 aromatic rings. The van der Waals surface area contributed by atoms with Gasteiger partial charge in [0.1, 0.15) is 6.10 Å². The van der Waals surface area contributed by atoms with Gasteiger partial charge in [-0.2, -0.15) is 0 Å². The second kappa shape index (κ2) is 6.50. The predicted octanol–water partition coefficient (Wildman–Crippen LogP) is 4.96. The van der Waals surface area contributed by atoms with Gasteiger partial charge in [-0.3, -0.25) is 4.79 Å². The molecular formula is C23H38O3. The average Bonchev–Trinajstić information content (AvgIpc) is 2.92. The number of ether oxygens (including phenoxy) is 1. The van der Waals surface area contributed by atoms with Crippen molar-refractivity contribution in [3.63, 3.8) is 0 Å². The zero-order chi connectivity index (χ0) is 18.7. The van der Waals surface area contributed by atoms with Gasteiger partial charge in [-0.25, -0.2) is 0 Å². The Kier molecular flexibility index (Phi) is 4.69. The van der Waals surface area contributed by atoms with E-state index < -0.39 is 0 Å². The van der Waals surface area contributed by atoms with Crippen LogP contribution in [0.5, 0.6) is 0 Å². The first-order valence-corrected chi connectivity index (χ1v) is 11.1. The van der Waals surface area contributed by atoms with Crippen LogP contribution >= 0.6 is 0 Å². The van der Waals surface area contributed by atoms with Crippen LogP contribution in [0.1, 0.15) is 85.5 Å². The normalized spacial score (nSPS) is 51.7. The molecule has 4 saturated carbocycles. The summed E-state index contributed by atoms with van der Waals surface area (Å²) in [6.45, 7) is 8.61. The number of rotatable bonds is 2. The summed E-state index contributed by atoms with van der Waals surface area (Å²) in [4.78, 5) is 11.4. The smallest absolute Gasteiger partial charge is 0.302 e. The molecule has 1 N–H and O–H groups in total. The van der Waals surface area contributed by atoms with Gasteiger partial charge in [-0.05, 0) is 105 Å². The number of fused-ring (bicyclic) bond motifs is 5. The standard InChI is InChI=1S/C23H38O3/c1-14(24)19-7-8-20-18-6-5-16-13-17(26-15(2)25)9-11-22(16,3)21(18)10-12-23(19,20)4/h14,16-21,24H,5-13H2,1-4H3/t14?,16?,17-,18+,19-,20+,21+,22+,23-/m1/s1. The number of carbonyl (C=O) groups is 1. The van der Waals surface area contributed by atoms with Crippen molar-refractivity contribution in [2.24, 2.45) is 40.4 Å². The number of aliphatic hydroxyl groups is 1. The second-order valence-corrected chi connectivity index (χ2v) is 10.6. The topological polar surface area (TPSA) is 46.5 Å². The number of esters is 1. The van der Waals surface area contributed by atoms with E-state index in [1.807, 2.05) is 6.92 Å². The molecule has 4 aliphatic carbocycles. The molecule has 0 aliphatic heterocycles. The first kappa shape index (κ1) is 18.8. The minimum absolute atomic E-state index is 0.115. The molecule has 0 saturated heterocycles. The number of aliphatic hydroxyl groups excluding tert-OH is 1. The summed E-state index contributed by atoms with van der Waals surface area (Å²) in [5.41, 5.74) is 0.789. The molecular weight excluding hydrogens is 324 g/mol. The van der Waals surface area contributed by atoms with E-state index in [2.05, 4.69) is 13.8 Å². The molecule has 0 spiro atoms. The van der Waals surface area contributed by atoms with Gasteiger partial charge in [0.2, 0.25) is 0 Å². The highest BCUT2D eigenvalue weighted by atomic mass is 16.5. The fourth-order valence-corrected chi connectivity index (χ4v) is 8.39. The summed E-state index contributed by atoms with van der Waals surface area (Å²) in [5, 5.41) is 10.4. The molecule has 148 valence electrons. The highest BCUT2D eigenvalue weighted by molar-refractivity contribution is 5.66. The third-order valence-electron chi connectivity index (χ3n) is 9.61. The maximum atomic E-state index is 11.4. The summed E-state index contributed by atoms with van der Waals surface area (Å²) in [6.07, 6.45) is 11.2. The maximum absolute atomic E-state index is 11.4. The quantitative estimate of drug-likeness (QED) is 0.706. The largest absolute Gasteiger partial charge is 0.463 e. The molecule has 0 radical (unpaired) electrons. The number of hydrogen-bond donors (Lipinski definition) is 1. The molecule has 26 heavy (non-hydrogen) atoms. The summed E-state index contributed by atoms with van der Waals surface area (Å²) < 4.78 is 5.58. The summed E-state index contributed by atoms with van der Waals surface area (Å²) in [5.74, 6) is 3.61. The first-order valence-electron chi connectivity index (χ1n) is 11.1. The van der Waals surface area contributed by atoms with Crippen LogP contribution in [0.2, 0.25) is 0 Å². The highest BCUT2D eigenvalue weighted by Crippen LogP contribution is 2.67. The molecule has 3 nitrogen and oxygen atoms in total. The molecule has 0 bridgehead atoms. The lowest BCUT2D eigenvalue weighted by molar-refractivity contribution is -0.161. The molecule has 4 fully saturated rings. The van der Waals surface area contributed by atoms with Crippen molar-refractivity contribution in [1.29, 1.82) is 0 Å². The van der Waals surface area contributed by atoms with Crippen LogP contribution in [0.15, 0.2) is 0 Å². The predicted molar refractivity (Wildman–Crippen MR) is 102 cm³/mol. The molecule has 0 amide bonds. The maximum Gasteiger partial charge on any atom is 0.302 e. The summed E-state index contributed by atoms with van der Waals surface area (Å²) in [6, 6.07) is 0. The second-order valence-electron chi connectivity index (χ2n) is 10.6. The van der Waals surface area contributed by atoms with Crippen LogP contribution in [0.3, 0.4) is 0 Å². The van der Waals surface area contributed by atoms with Crippen molar-refractivity contribution in [3.05, 3.63) is 0 Å². The lowest BCUT2D eigenvalue weighted by Gasteiger charge is -2.61. The van der Waals surface area contributed by atoms with Gasteiger partial charge < -0.3 is 9.84 Å². The van der Waals surface area contributed by atoms with Crippen molar-refractivity contribution >= 4 is 5.97 Å². The molecule has 4 aliphatic rings. The molecule has 0 aromatic carbocycles. The molecule has 0 heterocycles. The summed E-state index contributed by atoms with van der Waals surface area (Å²) >= 11 is 0. The van der Waals surface area contributed by atoms with Crippen molar-refractivity contribution in [2.75, 3.05) is 0 Å². The van der Waals surface area contributed by atoms with E-state index in [1.54, 1.807) is 6.92 Å². The van der Waals surface area contributed by atoms with Gasteiger partial charge in [0.15, 0.2) is 0 Å². The molecule has 4 rings (SSSR count). The van der Waals surface area contributed by atoms with Crippen molar-refractivity contribution in [1.82, 2.24) is 0 Å². The van der Waals surface area contributed by atoms with Crippen LogP contribution in [-0.4, -0.2) is 23.3 Å². The lowest BCUT2D eigenvalue weighted by atomic mass is 9.44. The first-order chi connectivity index (χ1) is 12.3. The molecule has 3 heteroatoms. The Bertz CT molecular complexity index is 558. The van der Waals surface area contributed by atoms with Gasteiger partial charge >= 0.3 is 5.97 Å². The minimum atomic E-state index is -0.160. The van der Waals surface area contributed by atoms with Gasteiger partial charge in [0, 0.05) is 6.92 Å². The third-order valence-corrected chi connectivity index (χ3v) is 9.61. The van der Waals surface area contributed by atoms with E-state index in [-0.39, 0.29) is 18.2 Å². The molecule has 0 aromatic heterocycles.